The first-order valence-electron chi connectivity index (χ1n) is 7.57. The molecule has 0 bridgehead atoms. The van der Waals surface area contributed by atoms with Crippen LogP contribution in [0.1, 0.15) is 18.4 Å². The molecule has 1 saturated carbocycles. The van der Waals surface area contributed by atoms with Gasteiger partial charge in [0.2, 0.25) is 11.8 Å². The summed E-state index contributed by atoms with van der Waals surface area (Å²) in [5.41, 5.74) is 6.37. The van der Waals surface area contributed by atoms with Crippen molar-refractivity contribution < 1.29 is 9.59 Å². The number of rotatable bonds is 8. The molecule has 2 rings (SSSR count). The summed E-state index contributed by atoms with van der Waals surface area (Å²) >= 11 is 5.87. The van der Waals surface area contributed by atoms with Crippen molar-refractivity contribution in [1.29, 1.82) is 0 Å². The number of nitrogens with one attached hydrogen (secondary N) is 1. The topological polar surface area (TPSA) is 75.4 Å². The number of carbonyl (C=O) groups excluding carboxylic acids is 2. The molecule has 0 aliphatic heterocycles. The van der Waals surface area contributed by atoms with Gasteiger partial charge in [-0.1, -0.05) is 23.7 Å². The Hall–Kier alpha value is -1.59. The van der Waals surface area contributed by atoms with Crippen molar-refractivity contribution in [2.24, 2.45) is 11.7 Å². The van der Waals surface area contributed by atoms with Crippen LogP contribution in [0.25, 0.3) is 0 Å². The van der Waals surface area contributed by atoms with E-state index in [2.05, 4.69) is 5.32 Å². The maximum Gasteiger partial charge on any atom is 0.241 e. The molecular formula is C16H22ClN3O2. The lowest BCUT2D eigenvalue weighted by molar-refractivity contribution is -0.132. The second-order valence-corrected chi connectivity index (χ2v) is 6.08. The van der Waals surface area contributed by atoms with Crippen LogP contribution in [0.5, 0.6) is 0 Å². The molecule has 0 saturated heterocycles. The van der Waals surface area contributed by atoms with Crippen LogP contribution >= 0.6 is 11.6 Å². The first-order chi connectivity index (χ1) is 10.6. The van der Waals surface area contributed by atoms with Gasteiger partial charge >= 0.3 is 0 Å². The van der Waals surface area contributed by atoms with E-state index in [-0.39, 0.29) is 24.9 Å². The number of nitrogens with zero attached hydrogens (tertiary/aromatic N) is 1. The monoisotopic (exact) mass is 323 g/mol. The molecule has 0 aromatic heterocycles. The van der Waals surface area contributed by atoms with Gasteiger partial charge in [0.25, 0.3) is 0 Å². The fourth-order valence-electron chi connectivity index (χ4n) is 2.20. The van der Waals surface area contributed by atoms with Crippen molar-refractivity contribution in [3.8, 4) is 0 Å². The fourth-order valence-corrected chi connectivity index (χ4v) is 2.33. The van der Waals surface area contributed by atoms with Crippen molar-refractivity contribution in [2.75, 3.05) is 26.2 Å². The summed E-state index contributed by atoms with van der Waals surface area (Å²) in [4.78, 5) is 25.3. The van der Waals surface area contributed by atoms with Gasteiger partial charge < -0.3 is 16.0 Å². The molecule has 3 N–H and O–H groups in total. The van der Waals surface area contributed by atoms with E-state index in [1.807, 2.05) is 29.2 Å². The van der Waals surface area contributed by atoms with Crippen LogP contribution in [0.15, 0.2) is 24.3 Å². The average molecular weight is 324 g/mol. The van der Waals surface area contributed by atoms with Crippen molar-refractivity contribution in [1.82, 2.24) is 10.2 Å². The normalized spacial score (nSPS) is 13.7. The molecule has 0 unspecified atom stereocenters. The van der Waals surface area contributed by atoms with E-state index in [4.69, 9.17) is 17.3 Å². The van der Waals surface area contributed by atoms with Gasteiger partial charge in [0.15, 0.2) is 0 Å². The van der Waals surface area contributed by atoms with Gasteiger partial charge in [-0.3, -0.25) is 9.59 Å². The Balaban J connectivity index is 1.86. The predicted octanol–water partition coefficient (Wildman–Crippen LogP) is 1.20. The van der Waals surface area contributed by atoms with Gasteiger partial charge in [-0.05, 0) is 42.9 Å². The van der Waals surface area contributed by atoms with Crippen molar-refractivity contribution in [2.45, 2.75) is 19.3 Å². The first-order valence-corrected chi connectivity index (χ1v) is 7.95. The molecule has 6 heteroatoms. The second-order valence-electron chi connectivity index (χ2n) is 5.64. The molecule has 0 radical (unpaired) electrons. The van der Waals surface area contributed by atoms with E-state index in [0.29, 0.717) is 17.5 Å². The van der Waals surface area contributed by atoms with E-state index in [1.54, 1.807) is 0 Å². The Labute approximate surface area is 135 Å². The van der Waals surface area contributed by atoms with Crippen molar-refractivity contribution in [3.05, 3.63) is 34.9 Å². The molecule has 1 aliphatic carbocycles. The summed E-state index contributed by atoms with van der Waals surface area (Å²) in [6.07, 6.45) is 3.14. The number of benzene rings is 1. The molecule has 1 fully saturated rings. The Morgan fingerprint density at radius 1 is 1.27 bits per heavy atom. The van der Waals surface area contributed by atoms with Crippen LogP contribution in [0.4, 0.5) is 0 Å². The quantitative estimate of drug-likeness (QED) is 0.754. The van der Waals surface area contributed by atoms with E-state index in [9.17, 15) is 9.59 Å². The zero-order valence-electron chi connectivity index (χ0n) is 12.6. The van der Waals surface area contributed by atoms with Crippen LogP contribution in [0.3, 0.4) is 0 Å². The number of amides is 2. The van der Waals surface area contributed by atoms with Gasteiger partial charge in [0.05, 0.1) is 13.1 Å². The van der Waals surface area contributed by atoms with Crippen LogP contribution in [-0.4, -0.2) is 42.9 Å². The molecule has 2 amide bonds. The third-order valence-corrected chi connectivity index (χ3v) is 3.99. The van der Waals surface area contributed by atoms with Gasteiger partial charge in [-0.2, -0.15) is 0 Å². The molecule has 0 atom stereocenters. The fraction of sp³-hybridized carbons (Fsp3) is 0.500. The molecule has 1 aromatic carbocycles. The molecular weight excluding hydrogens is 302 g/mol. The summed E-state index contributed by atoms with van der Waals surface area (Å²) in [6, 6.07) is 7.65. The number of hydrogen-bond acceptors (Lipinski definition) is 3. The SMILES string of the molecule is NCC(=O)NCC(=O)N(CCc1ccc(Cl)cc1)CC1CC1. The highest BCUT2D eigenvalue weighted by Gasteiger charge is 2.26. The molecule has 1 aromatic rings. The zero-order valence-corrected chi connectivity index (χ0v) is 13.3. The summed E-state index contributed by atoms with van der Waals surface area (Å²) < 4.78 is 0. The third kappa shape index (κ3) is 5.66. The lowest BCUT2D eigenvalue weighted by atomic mass is 10.1. The Morgan fingerprint density at radius 2 is 1.95 bits per heavy atom. The van der Waals surface area contributed by atoms with Crippen LogP contribution in [0.2, 0.25) is 5.02 Å². The van der Waals surface area contributed by atoms with Gasteiger partial charge in [-0.15, -0.1) is 0 Å². The summed E-state index contributed by atoms with van der Waals surface area (Å²) in [6.45, 7) is 1.34. The van der Waals surface area contributed by atoms with Gasteiger partial charge in [-0.25, -0.2) is 0 Å². The minimum absolute atomic E-state index is 0.0172. The predicted molar refractivity (Wildman–Crippen MR) is 86.5 cm³/mol. The van der Waals surface area contributed by atoms with Crippen molar-refractivity contribution in [3.63, 3.8) is 0 Å². The molecule has 0 heterocycles. The standard InChI is InChI=1S/C16H22ClN3O2/c17-14-5-3-12(4-6-14)7-8-20(11-13-1-2-13)16(22)10-19-15(21)9-18/h3-6,13H,1-2,7-11,18H2,(H,19,21). The number of hydrogen-bond donors (Lipinski definition) is 2. The minimum Gasteiger partial charge on any atom is -0.346 e. The molecule has 120 valence electrons. The van der Waals surface area contributed by atoms with E-state index in [0.717, 1.165) is 18.5 Å². The van der Waals surface area contributed by atoms with E-state index in [1.165, 1.54) is 12.8 Å². The molecule has 0 spiro atoms. The largest absolute Gasteiger partial charge is 0.346 e. The van der Waals surface area contributed by atoms with Gasteiger partial charge in [0, 0.05) is 18.1 Å². The highest BCUT2D eigenvalue weighted by Crippen LogP contribution is 2.29. The third-order valence-electron chi connectivity index (χ3n) is 3.73. The Kier molecular flexibility index (Phi) is 6.21. The maximum atomic E-state index is 12.3. The lowest BCUT2D eigenvalue weighted by Gasteiger charge is -2.23. The van der Waals surface area contributed by atoms with Crippen molar-refractivity contribution >= 4 is 23.4 Å². The van der Waals surface area contributed by atoms with Crippen LogP contribution in [0, 0.1) is 5.92 Å². The second kappa shape index (κ2) is 8.15. The highest BCUT2D eigenvalue weighted by molar-refractivity contribution is 6.30. The number of halogens is 1. The van der Waals surface area contributed by atoms with Gasteiger partial charge in [0.1, 0.15) is 0 Å². The molecule has 5 nitrogen and oxygen atoms in total. The smallest absolute Gasteiger partial charge is 0.241 e. The number of nitrogens with two attached hydrogens (primary N) is 1. The molecule has 22 heavy (non-hydrogen) atoms. The summed E-state index contributed by atoms with van der Waals surface area (Å²) in [7, 11) is 0. The average Bonchev–Trinajstić information content (AvgIpc) is 3.34. The van der Waals surface area contributed by atoms with Crippen LogP contribution < -0.4 is 11.1 Å². The van der Waals surface area contributed by atoms with Crippen LogP contribution in [-0.2, 0) is 16.0 Å². The first kappa shape index (κ1) is 16.8. The van der Waals surface area contributed by atoms with E-state index >= 15 is 0 Å². The Bertz CT molecular complexity index is 515. The zero-order chi connectivity index (χ0) is 15.9. The minimum atomic E-state index is -0.308. The summed E-state index contributed by atoms with van der Waals surface area (Å²) in [5, 5.41) is 3.25. The lowest BCUT2D eigenvalue weighted by Crippen LogP contribution is -2.43. The Morgan fingerprint density at radius 3 is 2.55 bits per heavy atom. The van der Waals surface area contributed by atoms with E-state index < -0.39 is 0 Å². The summed E-state index contributed by atoms with van der Waals surface area (Å²) in [5.74, 6) is 0.250. The molecule has 1 aliphatic rings. The maximum absolute atomic E-state index is 12.3. The number of carbonyl (C=O) groups is 2. The highest BCUT2D eigenvalue weighted by atomic mass is 35.5.